The highest BCUT2D eigenvalue weighted by Crippen LogP contribution is 2.29. The van der Waals surface area contributed by atoms with E-state index in [2.05, 4.69) is 27.8 Å². The molecule has 0 unspecified atom stereocenters. The minimum absolute atomic E-state index is 0.0650. The molecule has 0 aliphatic rings. The summed E-state index contributed by atoms with van der Waals surface area (Å²) in [5, 5.41) is 14.9. The lowest BCUT2D eigenvalue weighted by molar-refractivity contribution is -0.115. The number of rotatable bonds is 10. The van der Waals surface area contributed by atoms with Crippen molar-refractivity contribution < 1.29 is 9.53 Å². The van der Waals surface area contributed by atoms with Gasteiger partial charge in [0.25, 0.3) is 0 Å². The minimum Gasteiger partial charge on any atom is -0.494 e. The highest BCUT2D eigenvalue weighted by atomic mass is 32.2. The number of ether oxygens (including phenoxy) is 1. The van der Waals surface area contributed by atoms with Gasteiger partial charge in [-0.15, -0.1) is 10.2 Å². The lowest BCUT2D eigenvalue weighted by Crippen LogP contribution is -2.22. The zero-order valence-electron chi connectivity index (χ0n) is 14.7. The second-order valence-electron chi connectivity index (χ2n) is 5.36. The van der Waals surface area contributed by atoms with E-state index in [1.165, 1.54) is 23.1 Å². The molecule has 0 saturated heterocycles. The van der Waals surface area contributed by atoms with Gasteiger partial charge in [0.2, 0.25) is 11.0 Å². The van der Waals surface area contributed by atoms with E-state index in [1.807, 2.05) is 38.1 Å². The van der Waals surface area contributed by atoms with E-state index in [9.17, 15) is 4.79 Å². The highest BCUT2D eigenvalue weighted by molar-refractivity contribution is 8.02. The van der Waals surface area contributed by atoms with E-state index in [0.717, 1.165) is 40.3 Å². The lowest BCUT2D eigenvalue weighted by Gasteiger charge is -2.11. The zero-order valence-corrected chi connectivity index (χ0v) is 16.4. The molecular weight excluding hydrogens is 356 g/mol. The predicted molar refractivity (Wildman–Crippen MR) is 105 cm³/mol. The fraction of sp³-hybridized carbons (Fsp3) is 0.471. The summed E-state index contributed by atoms with van der Waals surface area (Å²) >= 11 is 2.89. The number of anilines is 2. The third kappa shape index (κ3) is 6.55. The van der Waals surface area contributed by atoms with E-state index in [4.69, 9.17) is 4.74 Å². The molecule has 0 aliphatic heterocycles. The van der Waals surface area contributed by atoms with E-state index >= 15 is 0 Å². The molecule has 1 amide bonds. The second kappa shape index (κ2) is 10.2. The Labute approximate surface area is 156 Å². The van der Waals surface area contributed by atoms with Crippen molar-refractivity contribution in [3.05, 3.63) is 24.3 Å². The number of nitrogens with zero attached hydrogens (tertiary/aromatic N) is 2. The van der Waals surface area contributed by atoms with Gasteiger partial charge in [0.05, 0.1) is 11.9 Å². The first-order valence-electron chi connectivity index (χ1n) is 8.40. The molecule has 1 atom stereocenters. The number of hydrogen-bond donors (Lipinski definition) is 2. The monoisotopic (exact) mass is 380 g/mol. The van der Waals surface area contributed by atoms with Crippen LogP contribution in [0.15, 0.2) is 28.6 Å². The Hall–Kier alpha value is -1.80. The lowest BCUT2D eigenvalue weighted by atomic mass is 10.3. The van der Waals surface area contributed by atoms with Crippen LogP contribution in [0.1, 0.15) is 33.6 Å². The zero-order chi connectivity index (χ0) is 18.1. The van der Waals surface area contributed by atoms with Crippen molar-refractivity contribution in [2.45, 2.75) is 43.2 Å². The molecule has 2 aromatic rings. The molecule has 1 heterocycles. The van der Waals surface area contributed by atoms with Crippen molar-refractivity contribution in [2.75, 3.05) is 23.8 Å². The van der Waals surface area contributed by atoms with Gasteiger partial charge >= 0.3 is 0 Å². The molecule has 0 bridgehead atoms. The molecule has 6 nitrogen and oxygen atoms in total. The van der Waals surface area contributed by atoms with Crippen molar-refractivity contribution in [2.24, 2.45) is 0 Å². The largest absolute Gasteiger partial charge is 0.494 e. The maximum absolute atomic E-state index is 12.3. The van der Waals surface area contributed by atoms with Crippen LogP contribution < -0.4 is 15.4 Å². The molecule has 1 aromatic carbocycles. The van der Waals surface area contributed by atoms with Gasteiger partial charge in [-0.1, -0.05) is 36.4 Å². The Bertz CT molecular complexity index is 661. The number of carbonyl (C=O) groups excluding carboxylic acids is 1. The van der Waals surface area contributed by atoms with E-state index in [-0.39, 0.29) is 11.2 Å². The molecule has 136 valence electrons. The molecule has 8 heteroatoms. The number of thioether (sulfide) groups is 1. The molecule has 25 heavy (non-hydrogen) atoms. The number of benzene rings is 1. The van der Waals surface area contributed by atoms with Crippen LogP contribution in [0.25, 0.3) is 0 Å². The van der Waals surface area contributed by atoms with Gasteiger partial charge in [0.15, 0.2) is 4.34 Å². The van der Waals surface area contributed by atoms with Crippen LogP contribution in [-0.2, 0) is 4.79 Å². The normalized spacial score (nSPS) is 11.8. The Morgan fingerprint density at radius 1 is 1.28 bits per heavy atom. The van der Waals surface area contributed by atoms with E-state index < -0.39 is 0 Å². The Kier molecular flexibility index (Phi) is 8.00. The van der Waals surface area contributed by atoms with Gasteiger partial charge in [-0.3, -0.25) is 4.79 Å². The molecule has 0 radical (unpaired) electrons. The van der Waals surface area contributed by atoms with Crippen LogP contribution >= 0.6 is 23.1 Å². The molecule has 2 rings (SSSR count). The maximum Gasteiger partial charge on any atom is 0.237 e. The van der Waals surface area contributed by atoms with Gasteiger partial charge in [0.1, 0.15) is 5.75 Å². The van der Waals surface area contributed by atoms with Crippen LogP contribution in [-0.4, -0.2) is 34.5 Å². The molecule has 0 saturated carbocycles. The number of nitrogens with one attached hydrogen (secondary N) is 2. The third-order valence-electron chi connectivity index (χ3n) is 3.29. The SMILES string of the molecule is CCCCNc1nnc(S[C@H](C)C(=O)Nc2ccc(OCC)cc2)s1. The molecule has 0 aliphatic carbocycles. The summed E-state index contributed by atoms with van der Waals surface area (Å²) in [6, 6.07) is 7.35. The van der Waals surface area contributed by atoms with Crippen LogP contribution in [0, 0.1) is 0 Å². The van der Waals surface area contributed by atoms with Crippen molar-refractivity contribution in [1.82, 2.24) is 10.2 Å². The average Bonchev–Trinajstić information content (AvgIpc) is 3.04. The van der Waals surface area contributed by atoms with Crippen molar-refractivity contribution >= 4 is 39.8 Å². The molecule has 0 spiro atoms. The van der Waals surface area contributed by atoms with E-state index in [1.54, 1.807) is 0 Å². The molecule has 0 fully saturated rings. The van der Waals surface area contributed by atoms with Crippen LogP contribution in [0.4, 0.5) is 10.8 Å². The quantitative estimate of drug-likeness (QED) is 0.473. The molecule has 1 aromatic heterocycles. The average molecular weight is 381 g/mol. The van der Waals surface area contributed by atoms with Crippen LogP contribution in [0.3, 0.4) is 0 Å². The number of unbranched alkanes of at least 4 members (excludes halogenated alkanes) is 1. The number of amides is 1. The number of hydrogen-bond acceptors (Lipinski definition) is 7. The van der Waals surface area contributed by atoms with E-state index in [0.29, 0.717) is 6.61 Å². The van der Waals surface area contributed by atoms with Crippen molar-refractivity contribution in [1.29, 1.82) is 0 Å². The van der Waals surface area contributed by atoms with Gasteiger partial charge in [-0.2, -0.15) is 0 Å². The standard InChI is InChI=1S/C17H24N4O2S2/c1-4-6-11-18-16-20-21-17(25-16)24-12(3)15(22)19-13-7-9-14(10-8-13)23-5-2/h7-10,12H,4-6,11H2,1-3H3,(H,18,20)(H,19,22)/t12-/m1/s1. The first-order valence-corrected chi connectivity index (χ1v) is 10.1. The fourth-order valence-electron chi connectivity index (χ4n) is 1.95. The van der Waals surface area contributed by atoms with Crippen molar-refractivity contribution in [3.8, 4) is 5.75 Å². The summed E-state index contributed by atoms with van der Waals surface area (Å²) in [6.45, 7) is 7.46. The number of carbonyl (C=O) groups is 1. The maximum atomic E-state index is 12.3. The first-order chi connectivity index (χ1) is 12.1. The smallest absolute Gasteiger partial charge is 0.237 e. The molecule has 2 N–H and O–H groups in total. The molecular formula is C17H24N4O2S2. The van der Waals surface area contributed by atoms with Gasteiger partial charge in [0, 0.05) is 12.2 Å². The highest BCUT2D eigenvalue weighted by Gasteiger charge is 2.17. The third-order valence-corrected chi connectivity index (χ3v) is 5.36. The Morgan fingerprint density at radius 2 is 2.04 bits per heavy atom. The summed E-state index contributed by atoms with van der Waals surface area (Å²) in [4.78, 5) is 12.3. The van der Waals surface area contributed by atoms with Crippen LogP contribution in [0.2, 0.25) is 0 Å². The van der Waals surface area contributed by atoms with Gasteiger partial charge in [-0.05, 0) is 44.5 Å². The van der Waals surface area contributed by atoms with Crippen molar-refractivity contribution in [3.63, 3.8) is 0 Å². The van der Waals surface area contributed by atoms with Crippen LogP contribution in [0.5, 0.6) is 5.75 Å². The number of aromatic nitrogens is 2. The topological polar surface area (TPSA) is 76.1 Å². The Morgan fingerprint density at radius 3 is 2.72 bits per heavy atom. The summed E-state index contributed by atoms with van der Waals surface area (Å²) in [5.74, 6) is 0.727. The van der Waals surface area contributed by atoms with Gasteiger partial charge < -0.3 is 15.4 Å². The summed E-state index contributed by atoms with van der Waals surface area (Å²) < 4.78 is 6.18. The Balaban J connectivity index is 1.83. The summed E-state index contributed by atoms with van der Waals surface area (Å²) in [6.07, 6.45) is 2.24. The van der Waals surface area contributed by atoms with Gasteiger partial charge in [-0.25, -0.2) is 0 Å². The summed E-state index contributed by atoms with van der Waals surface area (Å²) in [7, 11) is 0. The second-order valence-corrected chi connectivity index (χ2v) is 7.93. The first kappa shape index (κ1) is 19.5. The minimum atomic E-state index is -0.261. The predicted octanol–water partition coefficient (Wildman–Crippen LogP) is 4.27. The fourth-order valence-corrected chi connectivity index (χ4v) is 3.87. The summed E-state index contributed by atoms with van der Waals surface area (Å²) in [5.41, 5.74) is 0.750.